The number of sulfonamides is 1. The summed E-state index contributed by atoms with van der Waals surface area (Å²) in [6.07, 6.45) is 2.14. The monoisotopic (exact) mass is 377 g/mol. The van der Waals surface area contributed by atoms with Gasteiger partial charge in [0.05, 0.1) is 18.3 Å². The number of aryl methyl sites for hydroxylation is 1. The van der Waals surface area contributed by atoms with E-state index in [0.29, 0.717) is 12.2 Å². The molecule has 0 aliphatic rings. The number of thiophene rings is 1. The summed E-state index contributed by atoms with van der Waals surface area (Å²) in [6.45, 7) is 2.11. The standard InChI is InChI=1S/C17H19N3O3S2/c1-12-5-6-14(23-2)16(10-12)25(21,22)20-8-7-13-17(19-11-18-13)15-4-3-9-24-15/h3-6,9-11,20H,7-8H2,1-2H3,(H,18,19). The molecule has 0 spiro atoms. The van der Waals surface area contributed by atoms with Gasteiger partial charge in [0, 0.05) is 18.7 Å². The first-order valence-electron chi connectivity index (χ1n) is 7.71. The minimum Gasteiger partial charge on any atom is -0.495 e. The first-order chi connectivity index (χ1) is 12.0. The molecular weight excluding hydrogens is 358 g/mol. The number of nitrogens with one attached hydrogen (secondary N) is 2. The Morgan fingerprint density at radius 2 is 2.16 bits per heavy atom. The first-order valence-corrected chi connectivity index (χ1v) is 10.1. The number of ether oxygens (including phenoxy) is 1. The molecular formula is C17H19N3O3S2. The van der Waals surface area contributed by atoms with Crippen LogP contribution in [0.25, 0.3) is 10.6 Å². The maximum atomic E-state index is 12.6. The van der Waals surface area contributed by atoms with Crippen molar-refractivity contribution >= 4 is 21.4 Å². The highest BCUT2D eigenvalue weighted by molar-refractivity contribution is 7.89. The Morgan fingerprint density at radius 3 is 2.88 bits per heavy atom. The van der Waals surface area contributed by atoms with Gasteiger partial charge in [0.15, 0.2) is 0 Å². The van der Waals surface area contributed by atoms with E-state index >= 15 is 0 Å². The normalized spacial score (nSPS) is 11.6. The molecule has 0 saturated carbocycles. The third kappa shape index (κ3) is 3.92. The van der Waals surface area contributed by atoms with E-state index in [1.165, 1.54) is 7.11 Å². The predicted molar refractivity (Wildman–Crippen MR) is 98.5 cm³/mol. The minimum absolute atomic E-state index is 0.151. The lowest BCUT2D eigenvalue weighted by atomic mass is 10.2. The number of nitrogens with zero attached hydrogens (tertiary/aromatic N) is 1. The van der Waals surface area contributed by atoms with E-state index in [-0.39, 0.29) is 11.4 Å². The Bertz CT molecular complexity index is 947. The lowest BCUT2D eigenvalue weighted by Gasteiger charge is -2.11. The summed E-state index contributed by atoms with van der Waals surface area (Å²) in [5.74, 6) is 0.332. The van der Waals surface area contributed by atoms with Crippen LogP contribution in [0.5, 0.6) is 5.75 Å². The molecule has 1 aromatic carbocycles. The van der Waals surface area contributed by atoms with Gasteiger partial charge in [-0.05, 0) is 36.1 Å². The second kappa shape index (κ2) is 7.38. The fourth-order valence-corrected chi connectivity index (χ4v) is 4.55. The van der Waals surface area contributed by atoms with Crippen molar-refractivity contribution in [2.45, 2.75) is 18.2 Å². The third-order valence-electron chi connectivity index (χ3n) is 3.75. The van der Waals surface area contributed by atoms with Crippen LogP contribution in [-0.2, 0) is 16.4 Å². The van der Waals surface area contributed by atoms with Crippen LogP contribution in [0.3, 0.4) is 0 Å². The Kier molecular flexibility index (Phi) is 5.22. The van der Waals surface area contributed by atoms with Crippen molar-refractivity contribution in [2.24, 2.45) is 0 Å². The van der Waals surface area contributed by atoms with E-state index in [9.17, 15) is 8.42 Å². The number of rotatable bonds is 7. The summed E-state index contributed by atoms with van der Waals surface area (Å²) >= 11 is 1.60. The van der Waals surface area contributed by atoms with Crippen molar-refractivity contribution in [3.8, 4) is 16.3 Å². The summed E-state index contributed by atoms with van der Waals surface area (Å²) in [6, 6.07) is 9.04. The zero-order valence-electron chi connectivity index (χ0n) is 13.9. The van der Waals surface area contributed by atoms with Crippen LogP contribution in [0.15, 0.2) is 46.9 Å². The molecule has 2 heterocycles. The third-order valence-corrected chi connectivity index (χ3v) is 6.11. The van der Waals surface area contributed by atoms with Gasteiger partial charge >= 0.3 is 0 Å². The summed E-state index contributed by atoms with van der Waals surface area (Å²) in [5.41, 5.74) is 2.62. The molecule has 6 nitrogen and oxygen atoms in total. The molecule has 0 amide bonds. The number of benzene rings is 1. The molecule has 0 unspecified atom stereocenters. The van der Waals surface area contributed by atoms with Crippen molar-refractivity contribution in [3.63, 3.8) is 0 Å². The van der Waals surface area contributed by atoms with Crippen LogP contribution in [-0.4, -0.2) is 32.0 Å². The smallest absolute Gasteiger partial charge is 0.244 e. The average Bonchev–Trinajstić information content (AvgIpc) is 3.25. The molecule has 0 saturated heterocycles. The maximum absolute atomic E-state index is 12.6. The zero-order valence-corrected chi connectivity index (χ0v) is 15.6. The summed E-state index contributed by atoms with van der Waals surface area (Å²) in [5, 5.41) is 1.99. The van der Waals surface area contributed by atoms with E-state index in [1.807, 2.05) is 30.5 Å². The van der Waals surface area contributed by atoms with Gasteiger partial charge in [-0.25, -0.2) is 18.1 Å². The van der Waals surface area contributed by atoms with E-state index in [4.69, 9.17) is 4.74 Å². The van der Waals surface area contributed by atoms with Gasteiger partial charge in [0.1, 0.15) is 16.3 Å². The quantitative estimate of drug-likeness (QED) is 0.663. The van der Waals surface area contributed by atoms with Crippen molar-refractivity contribution in [1.29, 1.82) is 0 Å². The summed E-state index contributed by atoms with van der Waals surface area (Å²) in [7, 11) is -2.19. The lowest BCUT2D eigenvalue weighted by molar-refractivity contribution is 0.402. The predicted octanol–water partition coefficient (Wildman–Crippen LogP) is 2.98. The van der Waals surface area contributed by atoms with Gasteiger partial charge in [-0.2, -0.15) is 0 Å². The van der Waals surface area contributed by atoms with Crippen molar-refractivity contribution < 1.29 is 13.2 Å². The second-order valence-corrected chi connectivity index (χ2v) is 8.19. The van der Waals surface area contributed by atoms with Gasteiger partial charge in [0.25, 0.3) is 0 Å². The van der Waals surface area contributed by atoms with Gasteiger partial charge in [-0.15, -0.1) is 11.3 Å². The van der Waals surface area contributed by atoms with E-state index in [0.717, 1.165) is 21.8 Å². The summed E-state index contributed by atoms with van der Waals surface area (Å²) < 4.78 is 33.0. The molecule has 0 bridgehead atoms. The van der Waals surface area contributed by atoms with Crippen molar-refractivity contribution in [2.75, 3.05) is 13.7 Å². The van der Waals surface area contributed by atoms with Crippen molar-refractivity contribution in [3.05, 3.63) is 53.3 Å². The molecule has 2 N–H and O–H groups in total. The SMILES string of the molecule is COc1ccc(C)cc1S(=O)(=O)NCCc1[nH]cnc1-c1cccs1. The fourth-order valence-electron chi connectivity index (χ4n) is 2.52. The number of aromatic amines is 1. The number of methoxy groups -OCH3 is 1. The Balaban J connectivity index is 1.72. The van der Waals surface area contributed by atoms with Crippen LogP contribution < -0.4 is 9.46 Å². The van der Waals surface area contributed by atoms with E-state index < -0.39 is 10.0 Å². The van der Waals surface area contributed by atoms with Crippen LogP contribution in [0.4, 0.5) is 0 Å². The van der Waals surface area contributed by atoms with Crippen molar-refractivity contribution in [1.82, 2.24) is 14.7 Å². The molecule has 25 heavy (non-hydrogen) atoms. The summed E-state index contributed by atoms with van der Waals surface area (Å²) in [4.78, 5) is 8.62. The number of hydrogen-bond acceptors (Lipinski definition) is 5. The molecule has 8 heteroatoms. The number of H-pyrrole nitrogens is 1. The number of imidazole rings is 1. The van der Waals surface area contributed by atoms with E-state index in [2.05, 4.69) is 14.7 Å². The largest absolute Gasteiger partial charge is 0.495 e. The molecule has 0 aliphatic heterocycles. The molecule has 132 valence electrons. The highest BCUT2D eigenvalue weighted by atomic mass is 32.2. The van der Waals surface area contributed by atoms with Gasteiger partial charge in [0.2, 0.25) is 10.0 Å². The van der Waals surface area contributed by atoms with Crippen LogP contribution in [0.2, 0.25) is 0 Å². The highest BCUT2D eigenvalue weighted by Crippen LogP contribution is 2.26. The van der Waals surface area contributed by atoms with Crippen LogP contribution in [0.1, 0.15) is 11.3 Å². The Labute approximate surface area is 150 Å². The van der Waals surface area contributed by atoms with Gasteiger partial charge in [-0.1, -0.05) is 12.1 Å². The van der Waals surface area contributed by atoms with Crippen LogP contribution in [0, 0.1) is 6.92 Å². The Hall–Kier alpha value is -2.16. The van der Waals surface area contributed by atoms with Gasteiger partial charge < -0.3 is 9.72 Å². The topological polar surface area (TPSA) is 84.1 Å². The number of aromatic nitrogens is 2. The lowest BCUT2D eigenvalue weighted by Crippen LogP contribution is -2.26. The molecule has 0 atom stereocenters. The zero-order chi connectivity index (χ0) is 17.9. The number of hydrogen-bond donors (Lipinski definition) is 2. The Morgan fingerprint density at radius 1 is 1.32 bits per heavy atom. The van der Waals surface area contributed by atoms with Crippen LogP contribution >= 0.6 is 11.3 Å². The molecule has 2 aromatic heterocycles. The molecule has 0 fully saturated rings. The molecule has 0 aliphatic carbocycles. The first kappa shape index (κ1) is 17.7. The average molecular weight is 377 g/mol. The van der Waals surface area contributed by atoms with E-state index in [1.54, 1.807) is 29.8 Å². The molecule has 3 rings (SSSR count). The minimum atomic E-state index is -3.65. The highest BCUT2D eigenvalue weighted by Gasteiger charge is 2.19. The van der Waals surface area contributed by atoms with Gasteiger partial charge in [-0.3, -0.25) is 0 Å². The second-order valence-electron chi connectivity index (χ2n) is 5.51. The maximum Gasteiger partial charge on any atom is 0.244 e. The fraction of sp³-hybridized carbons (Fsp3) is 0.235. The molecule has 0 radical (unpaired) electrons. The molecule has 3 aromatic rings.